The zero-order valence-corrected chi connectivity index (χ0v) is 15.9. The Morgan fingerprint density at radius 3 is 2.96 bits per heavy atom. The molecule has 6 nitrogen and oxygen atoms in total. The molecule has 0 fully saturated rings. The van der Waals surface area contributed by atoms with Gasteiger partial charge < -0.3 is 9.84 Å². The van der Waals surface area contributed by atoms with Gasteiger partial charge in [0.25, 0.3) is 5.91 Å². The first kappa shape index (κ1) is 17.2. The maximum atomic E-state index is 12.4. The fourth-order valence-electron chi connectivity index (χ4n) is 3.16. The van der Waals surface area contributed by atoms with Crippen LogP contribution in [0.4, 0.5) is 0 Å². The van der Waals surface area contributed by atoms with Gasteiger partial charge >= 0.3 is 0 Å². The van der Waals surface area contributed by atoms with E-state index in [9.17, 15) is 4.79 Å². The molecule has 7 heteroatoms. The van der Waals surface area contributed by atoms with Crippen molar-refractivity contribution in [2.24, 2.45) is 5.92 Å². The number of nitrogens with one attached hydrogen (secondary N) is 1. The fourth-order valence-corrected chi connectivity index (χ4v) is 3.45. The topological polar surface area (TPSA) is 73.0 Å². The lowest BCUT2D eigenvalue weighted by Crippen LogP contribution is -2.27. The van der Waals surface area contributed by atoms with Gasteiger partial charge in [-0.3, -0.25) is 9.48 Å². The van der Waals surface area contributed by atoms with E-state index in [-0.39, 0.29) is 5.91 Å². The van der Waals surface area contributed by atoms with E-state index in [2.05, 4.69) is 38.4 Å². The predicted octanol–water partition coefficient (Wildman–Crippen LogP) is 3.20. The van der Waals surface area contributed by atoms with Crippen molar-refractivity contribution >= 4 is 21.8 Å². The Morgan fingerprint density at radius 2 is 2.25 bits per heavy atom. The lowest BCUT2D eigenvalue weighted by molar-refractivity contribution is 0.0942. The van der Waals surface area contributed by atoms with Crippen LogP contribution in [0, 0.1) is 19.8 Å². The summed E-state index contributed by atoms with van der Waals surface area (Å²) in [5.74, 6) is 1.32. The predicted molar refractivity (Wildman–Crippen MR) is 94.0 cm³/mol. The molecule has 1 N–H and O–H groups in total. The zero-order chi connectivity index (χ0) is 17.3. The number of halogens is 1. The summed E-state index contributed by atoms with van der Waals surface area (Å²) in [6.45, 7) is 7.57. The molecule has 24 heavy (non-hydrogen) atoms. The van der Waals surface area contributed by atoms with Gasteiger partial charge in [-0.25, -0.2) is 0 Å². The van der Waals surface area contributed by atoms with Crippen LogP contribution in [0.3, 0.4) is 0 Å². The van der Waals surface area contributed by atoms with Crippen LogP contribution in [0.25, 0.3) is 0 Å². The van der Waals surface area contributed by atoms with Crippen LogP contribution < -0.4 is 5.32 Å². The standard InChI is InChI=1S/C17H23BrN4O2/c1-10-5-6-14-13(9-10)16(21-24-14)17(23)19-7-4-8-22-12(3)15(18)11(2)20-22/h10H,4-9H2,1-3H3,(H,19,23). The Kier molecular flexibility index (Phi) is 5.08. The monoisotopic (exact) mass is 394 g/mol. The molecule has 2 aromatic heterocycles. The highest BCUT2D eigenvalue weighted by Crippen LogP contribution is 2.27. The molecule has 0 saturated carbocycles. The molecule has 0 bridgehead atoms. The van der Waals surface area contributed by atoms with E-state index in [1.165, 1.54) is 0 Å². The summed E-state index contributed by atoms with van der Waals surface area (Å²) in [4.78, 5) is 12.4. The molecule has 0 saturated heterocycles. The molecule has 3 rings (SSSR count). The minimum Gasteiger partial charge on any atom is -0.360 e. The first-order valence-electron chi connectivity index (χ1n) is 8.42. The molecule has 0 radical (unpaired) electrons. The molecular weight excluding hydrogens is 372 g/mol. The van der Waals surface area contributed by atoms with Crippen molar-refractivity contribution in [3.8, 4) is 0 Å². The lowest BCUT2D eigenvalue weighted by Gasteiger charge is -2.16. The van der Waals surface area contributed by atoms with E-state index in [0.29, 0.717) is 18.2 Å². The van der Waals surface area contributed by atoms with Crippen LogP contribution in [-0.2, 0) is 19.4 Å². The number of rotatable bonds is 5. The minimum atomic E-state index is -0.136. The minimum absolute atomic E-state index is 0.136. The molecule has 1 unspecified atom stereocenters. The van der Waals surface area contributed by atoms with Gasteiger partial charge in [0.1, 0.15) is 5.76 Å². The lowest BCUT2D eigenvalue weighted by atomic mass is 9.88. The second-order valence-electron chi connectivity index (χ2n) is 6.60. The Balaban J connectivity index is 1.53. The van der Waals surface area contributed by atoms with Gasteiger partial charge in [0.15, 0.2) is 5.69 Å². The van der Waals surface area contributed by atoms with E-state index < -0.39 is 0 Å². The van der Waals surface area contributed by atoms with Gasteiger partial charge in [0.05, 0.1) is 10.2 Å². The largest absolute Gasteiger partial charge is 0.360 e. The van der Waals surface area contributed by atoms with Gasteiger partial charge in [0.2, 0.25) is 0 Å². The maximum absolute atomic E-state index is 12.4. The van der Waals surface area contributed by atoms with Crippen LogP contribution in [-0.4, -0.2) is 27.4 Å². The third kappa shape index (κ3) is 3.41. The third-order valence-corrected chi connectivity index (χ3v) is 5.77. The summed E-state index contributed by atoms with van der Waals surface area (Å²) in [6.07, 6.45) is 3.67. The molecule has 1 aliphatic carbocycles. The van der Waals surface area contributed by atoms with Crippen molar-refractivity contribution in [1.29, 1.82) is 0 Å². The summed E-state index contributed by atoms with van der Waals surface area (Å²) in [5.41, 5.74) is 3.55. The van der Waals surface area contributed by atoms with Crippen molar-refractivity contribution in [3.05, 3.63) is 32.9 Å². The van der Waals surface area contributed by atoms with E-state index in [1.54, 1.807) is 0 Å². The highest BCUT2D eigenvalue weighted by molar-refractivity contribution is 9.10. The fraction of sp³-hybridized carbons (Fsp3) is 0.588. The summed E-state index contributed by atoms with van der Waals surface area (Å²) in [7, 11) is 0. The van der Waals surface area contributed by atoms with Crippen LogP contribution in [0.15, 0.2) is 9.00 Å². The summed E-state index contributed by atoms with van der Waals surface area (Å²) >= 11 is 3.53. The molecule has 0 spiro atoms. The number of carbonyl (C=O) groups excluding carboxylic acids is 1. The Labute approximate surface area is 150 Å². The van der Waals surface area contributed by atoms with Gasteiger partial charge in [-0.2, -0.15) is 5.10 Å². The highest BCUT2D eigenvalue weighted by Gasteiger charge is 2.26. The normalized spacial score (nSPS) is 16.9. The van der Waals surface area contributed by atoms with E-state index in [1.807, 2.05) is 18.5 Å². The van der Waals surface area contributed by atoms with Gasteiger partial charge in [0, 0.05) is 30.8 Å². The molecule has 1 atom stereocenters. The van der Waals surface area contributed by atoms with Crippen molar-refractivity contribution in [2.75, 3.05) is 6.54 Å². The van der Waals surface area contributed by atoms with Gasteiger partial charge in [-0.15, -0.1) is 0 Å². The van der Waals surface area contributed by atoms with E-state index in [4.69, 9.17) is 4.52 Å². The Bertz CT molecular complexity index is 750. The van der Waals surface area contributed by atoms with Gasteiger partial charge in [-0.1, -0.05) is 12.1 Å². The van der Waals surface area contributed by atoms with Crippen LogP contribution in [0.1, 0.15) is 53.0 Å². The number of aryl methyl sites for hydroxylation is 3. The second kappa shape index (κ2) is 7.09. The highest BCUT2D eigenvalue weighted by atomic mass is 79.9. The summed E-state index contributed by atoms with van der Waals surface area (Å²) < 4.78 is 8.35. The smallest absolute Gasteiger partial charge is 0.273 e. The molecule has 2 heterocycles. The number of amides is 1. The van der Waals surface area contributed by atoms with Crippen molar-refractivity contribution in [2.45, 2.75) is 53.0 Å². The third-order valence-electron chi connectivity index (χ3n) is 4.63. The molecule has 1 aliphatic rings. The Hall–Kier alpha value is -1.63. The number of aromatic nitrogens is 3. The molecule has 2 aromatic rings. The molecule has 0 aromatic carbocycles. The van der Waals surface area contributed by atoms with Gasteiger partial charge in [-0.05, 0) is 55.0 Å². The van der Waals surface area contributed by atoms with Crippen molar-refractivity contribution in [3.63, 3.8) is 0 Å². The SMILES string of the molecule is Cc1nn(CCCNC(=O)c2noc3c2CC(C)CC3)c(C)c1Br. The molecule has 0 aliphatic heterocycles. The van der Waals surface area contributed by atoms with Crippen LogP contribution in [0.5, 0.6) is 0 Å². The first-order chi connectivity index (χ1) is 11.5. The van der Waals surface area contributed by atoms with Crippen LogP contribution >= 0.6 is 15.9 Å². The molecule has 130 valence electrons. The quantitative estimate of drug-likeness (QED) is 0.790. The molecule has 1 amide bonds. The van der Waals surface area contributed by atoms with E-state index in [0.717, 1.165) is 59.4 Å². The summed E-state index contributed by atoms with van der Waals surface area (Å²) in [6, 6.07) is 0. The first-order valence-corrected chi connectivity index (χ1v) is 9.21. The van der Waals surface area contributed by atoms with Crippen molar-refractivity contribution in [1.82, 2.24) is 20.3 Å². The number of carbonyl (C=O) groups is 1. The van der Waals surface area contributed by atoms with E-state index >= 15 is 0 Å². The zero-order valence-electron chi connectivity index (χ0n) is 14.4. The number of hydrogen-bond acceptors (Lipinski definition) is 4. The number of hydrogen-bond donors (Lipinski definition) is 1. The summed E-state index contributed by atoms with van der Waals surface area (Å²) in [5, 5.41) is 11.4. The average Bonchev–Trinajstić information content (AvgIpc) is 3.08. The van der Waals surface area contributed by atoms with Crippen molar-refractivity contribution < 1.29 is 9.32 Å². The maximum Gasteiger partial charge on any atom is 0.273 e. The molecular formula is C17H23BrN4O2. The Morgan fingerprint density at radius 1 is 1.46 bits per heavy atom. The number of nitrogens with zero attached hydrogens (tertiary/aromatic N) is 3. The van der Waals surface area contributed by atoms with Crippen LogP contribution in [0.2, 0.25) is 0 Å². The second-order valence-corrected chi connectivity index (χ2v) is 7.39. The average molecular weight is 395 g/mol. The number of fused-ring (bicyclic) bond motifs is 1.